The van der Waals surface area contributed by atoms with E-state index in [1.165, 1.54) is 0 Å². The molecule has 2 rings (SSSR count). The van der Waals surface area contributed by atoms with Gasteiger partial charge >= 0.3 is 0 Å². The van der Waals surface area contributed by atoms with Crippen molar-refractivity contribution in [1.82, 2.24) is 10.6 Å². The van der Waals surface area contributed by atoms with Crippen molar-refractivity contribution in [2.24, 2.45) is 0 Å². The highest BCUT2D eigenvalue weighted by Gasteiger charge is 2.48. The quantitative estimate of drug-likeness (QED) is 0.730. The fourth-order valence-corrected chi connectivity index (χ4v) is 4.33. The Morgan fingerprint density at radius 2 is 1.77 bits per heavy atom. The van der Waals surface area contributed by atoms with E-state index in [1.54, 1.807) is 24.3 Å². The zero-order chi connectivity index (χ0) is 19.6. The molecule has 1 fully saturated rings. The van der Waals surface area contributed by atoms with E-state index in [9.17, 15) is 18.0 Å². The number of hydrogen-bond acceptors (Lipinski definition) is 5. The molecule has 1 saturated heterocycles. The molecule has 7 nitrogen and oxygen atoms in total. The first-order valence-corrected chi connectivity index (χ1v) is 10.5. The summed E-state index contributed by atoms with van der Waals surface area (Å²) >= 11 is 0. The van der Waals surface area contributed by atoms with E-state index in [-0.39, 0.29) is 24.3 Å². The fraction of sp³-hybridized carbons (Fsp3) is 0.556. The number of amides is 2. The Morgan fingerprint density at radius 3 is 2.31 bits per heavy atom. The second kappa shape index (κ2) is 7.36. The van der Waals surface area contributed by atoms with E-state index >= 15 is 0 Å². The van der Waals surface area contributed by atoms with Crippen molar-refractivity contribution in [3.05, 3.63) is 29.8 Å². The van der Waals surface area contributed by atoms with Crippen LogP contribution in [0.3, 0.4) is 0 Å². The largest absolute Gasteiger partial charge is 0.347 e. The van der Waals surface area contributed by atoms with Crippen LogP contribution in [0.4, 0.5) is 5.69 Å². The van der Waals surface area contributed by atoms with Gasteiger partial charge in [0.2, 0.25) is 5.91 Å². The lowest BCUT2D eigenvalue weighted by Gasteiger charge is -2.34. The standard InChI is InChI=1S/C18H27N3O4S/c1-17(2,3)21-15(22)13-6-5-7-14(12-13)20-16(23)18(26(4,24)25)8-10-19-11-9-18/h5-7,12,19H,8-11H2,1-4H3,(H,20,23)(H,21,22). The normalized spacial score (nSPS) is 17.4. The highest BCUT2D eigenvalue weighted by molar-refractivity contribution is 7.92. The Labute approximate surface area is 154 Å². The molecular weight excluding hydrogens is 354 g/mol. The zero-order valence-corrected chi connectivity index (χ0v) is 16.5. The van der Waals surface area contributed by atoms with Crippen molar-refractivity contribution in [2.45, 2.75) is 43.9 Å². The van der Waals surface area contributed by atoms with Gasteiger partial charge in [0.15, 0.2) is 14.6 Å². The fourth-order valence-electron chi connectivity index (χ4n) is 2.99. The van der Waals surface area contributed by atoms with Crippen molar-refractivity contribution >= 4 is 27.3 Å². The summed E-state index contributed by atoms with van der Waals surface area (Å²) in [5.41, 5.74) is 0.417. The number of nitrogens with one attached hydrogen (secondary N) is 3. The van der Waals surface area contributed by atoms with Crippen LogP contribution in [0.1, 0.15) is 44.0 Å². The summed E-state index contributed by atoms with van der Waals surface area (Å²) < 4.78 is 23.2. The van der Waals surface area contributed by atoms with Crippen LogP contribution in [0, 0.1) is 0 Å². The molecule has 3 N–H and O–H groups in total. The lowest BCUT2D eigenvalue weighted by molar-refractivity contribution is -0.119. The molecule has 0 aromatic heterocycles. The average Bonchev–Trinajstić information content (AvgIpc) is 2.53. The molecule has 0 unspecified atom stereocenters. The van der Waals surface area contributed by atoms with Crippen molar-refractivity contribution in [1.29, 1.82) is 0 Å². The van der Waals surface area contributed by atoms with E-state index in [4.69, 9.17) is 0 Å². The minimum Gasteiger partial charge on any atom is -0.347 e. The maximum Gasteiger partial charge on any atom is 0.251 e. The third-order valence-electron chi connectivity index (χ3n) is 4.41. The van der Waals surface area contributed by atoms with Gasteiger partial charge in [-0.25, -0.2) is 8.42 Å². The molecule has 144 valence electrons. The highest BCUT2D eigenvalue weighted by Crippen LogP contribution is 2.29. The summed E-state index contributed by atoms with van der Waals surface area (Å²) in [7, 11) is -3.59. The topological polar surface area (TPSA) is 104 Å². The van der Waals surface area contributed by atoms with E-state index in [2.05, 4.69) is 16.0 Å². The van der Waals surface area contributed by atoms with Gasteiger partial charge in [0.1, 0.15) is 0 Å². The van der Waals surface area contributed by atoms with Crippen LogP contribution in [-0.4, -0.2) is 49.9 Å². The molecule has 0 spiro atoms. The first-order chi connectivity index (χ1) is 11.9. The zero-order valence-electron chi connectivity index (χ0n) is 15.7. The third kappa shape index (κ3) is 4.62. The molecule has 1 heterocycles. The van der Waals surface area contributed by atoms with Gasteiger partial charge in [-0.15, -0.1) is 0 Å². The summed E-state index contributed by atoms with van der Waals surface area (Å²) in [6, 6.07) is 6.50. The minimum absolute atomic E-state index is 0.224. The molecule has 0 atom stereocenters. The monoisotopic (exact) mass is 381 g/mol. The maximum atomic E-state index is 12.8. The van der Waals surface area contributed by atoms with Crippen molar-refractivity contribution < 1.29 is 18.0 Å². The molecule has 1 aromatic carbocycles. The van der Waals surface area contributed by atoms with Crippen LogP contribution < -0.4 is 16.0 Å². The molecule has 26 heavy (non-hydrogen) atoms. The smallest absolute Gasteiger partial charge is 0.251 e. The second-order valence-electron chi connectivity index (χ2n) is 7.76. The third-order valence-corrected chi connectivity index (χ3v) is 6.42. The molecule has 1 aliphatic heterocycles. The van der Waals surface area contributed by atoms with E-state index in [1.807, 2.05) is 20.8 Å². The van der Waals surface area contributed by atoms with E-state index in [0.29, 0.717) is 24.3 Å². The van der Waals surface area contributed by atoms with Crippen LogP contribution in [0.15, 0.2) is 24.3 Å². The summed E-state index contributed by atoms with van der Waals surface area (Å²) in [5, 5.41) is 8.63. The number of anilines is 1. The summed E-state index contributed by atoms with van der Waals surface area (Å²) in [4.78, 5) is 25.1. The van der Waals surface area contributed by atoms with Gasteiger partial charge < -0.3 is 16.0 Å². The Hall–Kier alpha value is -1.93. The Morgan fingerprint density at radius 1 is 1.15 bits per heavy atom. The second-order valence-corrected chi connectivity index (χ2v) is 10.1. The molecule has 0 aliphatic carbocycles. The van der Waals surface area contributed by atoms with Gasteiger partial charge in [0, 0.05) is 23.0 Å². The summed E-state index contributed by atoms with van der Waals surface area (Å²) in [6.45, 7) is 6.57. The van der Waals surface area contributed by atoms with Crippen molar-refractivity contribution in [3.8, 4) is 0 Å². The molecular formula is C18H27N3O4S. The van der Waals surface area contributed by atoms with Crippen molar-refractivity contribution in [3.63, 3.8) is 0 Å². The van der Waals surface area contributed by atoms with Crippen LogP contribution in [0.25, 0.3) is 0 Å². The minimum atomic E-state index is -3.59. The number of piperidine rings is 1. The number of carbonyl (C=O) groups excluding carboxylic acids is 2. The predicted octanol–water partition coefficient (Wildman–Crippen LogP) is 1.32. The highest BCUT2D eigenvalue weighted by atomic mass is 32.2. The van der Waals surface area contributed by atoms with Gasteiger partial charge in [-0.1, -0.05) is 6.07 Å². The SMILES string of the molecule is CC(C)(C)NC(=O)c1cccc(NC(=O)C2(S(C)(=O)=O)CCNCC2)c1. The van der Waals surface area contributed by atoms with Gasteiger partial charge in [-0.05, 0) is 64.9 Å². The molecule has 1 aromatic rings. The van der Waals surface area contributed by atoms with Gasteiger partial charge in [0.25, 0.3) is 5.91 Å². The number of sulfone groups is 1. The lowest BCUT2D eigenvalue weighted by Crippen LogP contribution is -2.55. The maximum absolute atomic E-state index is 12.8. The molecule has 2 amide bonds. The molecule has 0 saturated carbocycles. The van der Waals surface area contributed by atoms with Crippen LogP contribution in [0.5, 0.6) is 0 Å². The van der Waals surface area contributed by atoms with Crippen molar-refractivity contribution in [2.75, 3.05) is 24.7 Å². The predicted molar refractivity (Wildman–Crippen MR) is 102 cm³/mol. The Bertz CT molecular complexity index is 791. The lowest BCUT2D eigenvalue weighted by atomic mass is 9.95. The van der Waals surface area contributed by atoms with Gasteiger partial charge in [-0.2, -0.15) is 0 Å². The molecule has 0 bridgehead atoms. The summed E-state index contributed by atoms with van der Waals surface area (Å²) in [6.07, 6.45) is 1.55. The van der Waals surface area contributed by atoms with E-state index < -0.39 is 20.5 Å². The molecule has 1 aliphatic rings. The number of hydrogen-bond donors (Lipinski definition) is 3. The number of carbonyl (C=O) groups is 2. The molecule has 0 radical (unpaired) electrons. The first kappa shape index (κ1) is 20.4. The first-order valence-electron chi connectivity index (χ1n) is 8.59. The van der Waals surface area contributed by atoms with Gasteiger partial charge in [0.05, 0.1) is 0 Å². The van der Waals surface area contributed by atoms with Crippen LogP contribution in [0.2, 0.25) is 0 Å². The number of rotatable bonds is 4. The number of benzene rings is 1. The van der Waals surface area contributed by atoms with Crippen LogP contribution in [-0.2, 0) is 14.6 Å². The summed E-state index contributed by atoms with van der Waals surface area (Å²) in [5.74, 6) is -0.803. The Kier molecular flexibility index (Phi) is 5.77. The van der Waals surface area contributed by atoms with Gasteiger partial charge in [-0.3, -0.25) is 9.59 Å². The molecule has 8 heteroatoms. The average molecular weight is 381 g/mol. The van der Waals surface area contributed by atoms with Crippen LogP contribution >= 0.6 is 0 Å². The van der Waals surface area contributed by atoms with E-state index in [0.717, 1.165) is 6.26 Å². The Balaban J connectivity index is 2.23.